The molecule has 0 bridgehead atoms. The molecule has 2 rings (SSSR count). The molecule has 1 atom stereocenters. The molecule has 0 radical (unpaired) electrons. The van der Waals surface area contributed by atoms with E-state index in [1.54, 1.807) is 27.7 Å². The van der Waals surface area contributed by atoms with Crippen LogP contribution in [-0.4, -0.2) is 33.8 Å². The molecule has 0 saturated heterocycles. The van der Waals surface area contributed by atoms with Crippen molar-refractivity contribution < 1.29 is 14.3 Å². The number of H-pyrrole nitrogens is 1. The van der Waals surface area contributed by atoms with Crippen LogP contribution in [0.1, 0.15) is 65.5 Å². The fraction of sp³-hybridized carbons (Fsp3) is 0.722. The van der Waals surface area contributed by atoms with E-state index in [0.717, 1.165) is 12.1 Å². The topological polar surface area (TPSA) is 96.1 Å². The van der Waals surface area contributed by atoms with Crippen molar-refractivity contribution in [2.45, 2.75) is 77.9 Å². The second-order valence-corrected chi connectivity index (χ2v) is 7.84. The third kappa shape index (κ3) is 6.76. The Hall–Kier alpha value is -2.05. The van der Waals surface area contributed by atoms with Crippen molar-refractivity contribution in [3.05, 3.63) is 11.8 Å². The number of aromatic amines is 1. The largest absolute Gasteiger partial charge is 0.444 e. The molecule has 1 fully saturated rings. The zero-order chi connectivity index (χ0) is 18.4. The molecule has 1 aliphatic carbocycles. The van der Waals surface area contributed by atoms with E-state index in [2.05, 4.69) is 20.8 Å². The average Bonchev–Trinajstić information content (AvgIpc) is 2.93. The zero-order valence-electron chi connectivity index (χ0n) is 15.6. The van der Waals surface area contributed by atoms with Crippen molar-refractivity contribution in [1.29, 1.82) is 0 Å². The summed E-state index contributed by atoms with van der Waals surface area (Å²) in [7, 11) is 0. The maximum Gasteiger partial charge on any atom is 0.408 e. The Balaban J connectivity index is 1.80. The summed E-state index contributed by atoms with van der Waals surface area (Å²) in [6, 6.07) is 1.15. The molecule has 1 saturated carbocycles. The number of ether oxygens (including phenoxy) is 1. The number of amides is 2. The molecule has 25 heavy (non-hydrogen) atoms. The lowest BCUT2D eigenvalue weighted by molar-refractivity contribution is -0.117. The molecule has 1 aliphatic rings. The molecule has 1 unspecified atom stereocenters. The number of carbonyl (C=O) groups excluding carboxylic acids is 2. The van der Waals surface area contributed by atoms with Gasteiger partial charge < -0.3 is 15.4 Å². The first kappa shape index (κ1) is 19.3. The van der Waals surface area contributed by atoms with Gasteiger partial charge in [-0.3, -0.25) is 9.89 Å². The van der Waals surface area contributed by atoms with Crippen LogP contribution < -0.4 is 10.6 Å². The van der Waals surface area contributed by atoms with Gasteiger partial charge in [0.15, 0.2) is 5.82 Å². The smallest absolute Gasteiger partial charge is 0.408 e. The lowest BCUT2D eigenvalue weighted by atomic mass is 9.86. The Labute approximate surface area is 149 Å². The van der Waals surface area contributed by atoms with Crippen LogP contribution in [0, 0.1) is 5.92 Å². The van der Waals surface area contributed by atoms with Crippen molar-refractivity contribution in [3.63, 3.8) is 0 Å². The van der Waals surface area contributed by atoms with Crippen LogP contribution in [0.2, 0.25) is 0 Å². The highest BCUT2D eigenvalue weighted by molar-refractivity contribution is 5.95. The van der Waals surface area contributed by atoms with Crippen molar-refractivity contribution in [3.8, 4) is 0 Å². The average molecular weight is 350 g/mol. The number of rotatable bonds is 5. The first-order valence-corrected chi connectivity index (χ1v) is 9.07. The minimum absolute atomic E-state index is 0.332. The first-order chi connectivity index (χ1) is 11.7. The molecule has 1 aromatic heterocycles. The van der Waals surface area contributed by atoms with Gasteiger partial charge in [-0.05, 0) is 40.0 Å². The van der Waals surface area contributed by atoms with Crippen molar-refractivity contribution >= 4 is 17.8 Å². The van der Waals surface area contributed by atoms with Crippen LogP contribution in [0.25, 0.3) is 0 Å². The molecule has 0 spiro atoms. The van der Waals surface area contributed by atoms with E-state index in [9.17, 15) is 9.59 Å². The maximum absolute atomic E-state index is 12.2. The molecule has 0 aliphatic heterocycles. The quantitative estimate of drug-likeness (QED) is 0.758. The summed E-state index contributed by atoms with van der Waals surface area (Å²) < 4.78 is 5.15. The number of alkyl carbamates (subject to hydrolysis) is 1. The number of hydrogen-bond donors (Lipinski definition) is 3. The number of aromatic nitrogens is 2. The standard InChI is InChI=1S/C18H30N4O3/c1-12(19-17(24)25-18(2,3)4)16(23)20-15-11-14(21-22-15)10-13-8-6-5-7-9-13/h11-13H,5-10H2,1-4H3,(H,19,24)(H2,20,21,22,23). The molecular formula is C18H30N4O3. The molecule has 2 amide bonds. The highest BCUT2D eigenvalue weighted by atomic mass is 16.6. The number of nitrogens with one attached hydrogen (secondary N) is 3. The first-order valence-electron chi connectivity index (χ1n) is 9.07. The third-order valence-electron chi connectivity index (χ3n) is 4.24. The lowest BCUT2D eigenvalue weighted by Gasteiger charge is -2.21. The highest BCUT2D eigenvalue weighted by Gasteiger charge is 2.22. The summed E-state index contributed by atoms with van der Waals surface area (Å²) in [4.78, 5) is 23.9. The van der Waals surface area contributed by atoms with Crippen molar-refractivity contribution in [1.82, 2.24) is 15.5 Å². The molecule has 0 aromatic carbocycles. The Kier molecular flexibility index (Phi) is 6.45. The normalized spacial score (nSPS) is 17.0. The fourth-order valence-corrected chi connectivity index (χ4v) is 3.02. The van der Waals surface area contributed by atoms with Crippen LogP contribution in [-0.2, 0) is 16.0 Å². The van der Waals surface area contributed by atoms with Gasteiger partial charge in [0.25, 0.3) is 0 Å². The Bertz CT molecular complexity index is 585. The minimum Gasteiger partial charge on any atom is -0.444 e. The number of anilines is 1. The van der Waals surface area contributed by atoms with E-state index >= 15 is 0 Å². The monoisotopic (exact) mass is 350 g/mol. The maximum atomic E-state index is 12.2. The molecular weight excluding hydrogens is 320 g/mol. The van der Waals surface area contributed by atoms with Crippen LogP contribution >= 0.6 is 0 Å². The van der Waals surface area contributed by atoms with E-state index in [4.69, 9.17) is 4.74 Å². The Morgan fingerprint density at radius 2 is 2.00 bits per heavy atom. The van der Waals surface area contributed by atoms with Crippen LogP contribution in [0.4, 0.5) is 10.6 Å². The van der Waals surface area contributed by atoms with Gasteiger partial charge >= 0.3 is 6.09 Å². The molecule has 3 N–H and O–H groups in total. The van der Waals surface area contributed by atoms with E-state index in [0.29, 0.717) is 11.7 Å². The van der Waals surface area contributed by atoms with Gasteiger partial charge in [-0.1, -0.05) is 32.1 Å². The van der Waals surface area contributed by atoms with Crippen LogP contribution in [0.3, 0.4) is 0 Å². The van der Waals surface area contributed by atoms with Gasteiger partial charge in [-0.2, -0.15) is 5.10 Å². The fourth-order valence-electron chi connectivity index (χ4n) is 3.02. The summed E-state index contributed by atoms with van der Waals surface area (Å²) in [5.74, 6) is 0.848. The minimum atomic E-state index is -0.714. The number of nitrogens with zero attached hydrogens (tertiary/aromatic N) is 1. The van der Waals surface area contributed by atoms with Crippen molar-refractivity contribution in [2.24, 2.45) is 5.92 Å². The lowest BCUT2D eigenvalue weighted by Crippen LogP contribution is -2.44. The predicted molar refractivity (Wildman–Crippen MR) is 96.3 cm³/mol. The van der Waals surface area contributed by atoms with Gasteiger partial charge in [0.1, 0.15) is 11.6 Å². The van der Waals surface area contributed by atoms with E-state index < -0.39 is 17.7 Å². The molecule has 7 nitrogen and oxygen atoms in total. The molecule has 7 heteroatoms. The van der Waals surface area contributed by atoms with Gasteiger partial charge in [-0.15, -0.1) is 0 Å². The number of carbonyl (C=O) groups is 2. The predicted octanol–water partition coefficient (Wildman–Crippen LogP) is 3.38. The summed E-state index contributed by atoms with van der Waals surface area (Å²) in [5.41, 5.74) is 0.436. The summed E-state index contributed by atoms with van der Waals surface area (Å²) in [6.45, 7) is 6.92. The van der Waals surface area contributed by atoms with Gasteiger partial charge in [0.2, 0.25) is 5.91 Å². The van der Waals surface area contributed by atoms with Crippen molar-refractivity contribution in [2.75, 3.05) is 5.32 Å². The van der Waals surface area contributed by atoms with Crippen LogP contribution in [0.5, 0.6) is 0 Å². The van der Waals surface area contributed by atoms with Gasteiger partial charge in [0.05, 0.1) is 0 Å². The summed E-state index contributed by atoms with van der Waals surface area (Å²) in [6.07, 6.45) is 6.81. The Morgan fingerprint density at radius 1 is 1.32 bits per heavy atom. The third-order valence-corrected chi connectivity index (χ3v) is 4.24. The Morgan fingerprint density at radius 3 is 2.64 bits per heavy atom. The summed E-state index contributed by atoms with van der Waals surface area (Å²) in [5, 5.41) is 12.4. The second-order valence-electron chi connectivity index (χ2n) is 7.84. The highest BCUT2D eigenvalue weighted by Crippen LogP contribution is 2.26. The second kappa shape index (κ2) is 8.36. The van der Waals surface area contributed by atoms with E-state index in [-0.39, 0.29) is 5.91 Å². The number of hydrogen-bond acceptors (Lipinski definition) is 4. The SMILES string of the molecule is CC(NC(=O)OC(C)(C)C)C(=O)Nc1cc(CC2CCCCC2)[nH]n1. The van der Waals surface area contributed by atoms with Crippen LogP contribution in [0.15, 0.2) is 6.07 Å². The molecule has 1 aromatic rings. The molecule has 1 heterocycles. The van der Waals surface area contributed by atoms with Gasteiger partial charge in [-0.25, -0.2) is 4.79 Å². The summed E-state index contributed by atoms with van der Waals surface area (Å²) >= 11 is 0. The van der Waals surface area contributed by atoms with E-state index in [1.165, 1.54) is 32.1 Å². The van der Waals surface area contributed by atoms with E-state index in [1.807, 2.05) is 6.07 Å². The zero-order valence-corrected chi connectivity index (χ0v) is 15.6. The van der Waals surface area contributed by atoms with Gasteiger partial charge in [0, 0.05) is 11.8 Å². The molecule has 140 valence electrons.